The van der Waals surface area contributed by atoms with Crippen LogP contribution in [0.2, 0.25) is 0 Å². The number of rotatable bonds is 4. The van der Waals surface area contributed by atoms with Crippen LogP contribution >= 0.6 is 0 Å². The molecule has 0 aliphatic rings. The summed E-state index contributed by atoms with van der Waals surface area (Å²) in [6, 6.07) is 3.65. The SMILES string of the molecule is Cc1cc(O)c(CCCC(=O)O)cc1C. The summed E-state index contributed by atoms with van der Waals surface area (Å²) in [5, 5.41) is 18.1. The topological polar surface area (TPSA) is 57.5 Å². The average molecular weight is 208 g/mol. The van der Waals surface area contributed by atoms with Gasteiger partial charge in [0.2, 0.25) is 0 Å². The molecular weight excluding hydrogens is 192 g/mol. The number of aryl methyl sites for hydroxylation is 3. The van der Waals surface area contributed by atoms with Gasteiger partial charge >= 0.3 is 5.97 Å². The number of phenolic OH excluding ortho intramolecular Hbond substituents is 1. The molecule has 0 saturated heterocycles. The van der Waals surface area contributed by atoms with Crippen molar-refractivity contribution in [1.82, 2.24) is 0 Å². The van der Waals surface area contributed by atoms with E-state index in [1.807, 2.05) is 19.9 Å². The maximum atomic E-state index is 10.3. The molecule has 1 aromatic carbocycles. The fourth-order valence-electron chi connectivity index (χ4n) is 1.49. The molecule has 0 unspecified atom stereocenters. The number of carboxylic acids is 1. The molecule has 1 rings (SSSR count). The molecule has 0 fully saturated rings. The van der Waals surface area contributed by atoms with Crippen LogP contribution in [0.25, 0.3) is 0 Å². The molecule has 0 radical (unpaired) electrons. The van der Waals surface area contributed by atoms with Gasteiger partial charge in [0.25, 0.3) is 0 Å². The van der Waals surface area contributed by atoms with Crippen molar-refractivity contribution in [2.24, 2.45) is 0 Å². The van der Waals surface area contributed by atoms with Crippen molar-refractivity contribution in [2.75, 3.05) is 0 Å². The molecule has 3 heteroatoms. The molecule has 82 valence electrons. The summed E-state index contributed by atoms with van der Waals surface area (Å²) in [6.45, 7) is 3.92. The first kappa shape index (κ1) is 11.6. The highest BCUT2D eigenvalue weighted by Gasteiger charge is 2.05. The molecule has 0 atom stereocenters. The Balaban J connectivity index is 2.69. The smallest absolute Gasteiger partial charge is 0.303 e. The number of benzene rings is 1. The summed E-state index contributed by atoms with van der Waals surface area (Å²) in [6.07, 6.45) is 1.32. The van der Waals surface area contributed by atoms with Gasteiger partial charge in [0.05, 0.1) is 0 Å². The van der Waals surface area contributed by atoms with E-state index in [0.717, 1.165) is 16.7 Å². The lowest BCUT2D eigenvalue weighted by Gasteiger charge is -2.07. The largest absolute Gasteiger partial charge is 0.508 e. The van der Waals surface area contributed by atoms with Gasteiger partial charge in [0, 0.05) is 6.42 Å². The maximum Gasteiger partial charge on any atom is 0.303 e. The Bertz CT molecular complexity index is 369. The first-order valence-corrected chi connectivity index (χ1v) is 5.01. The third-order valence-electron chi connectivity index (χ3n) is 2.53. The highest BCUT2D eigenvalue weighted by molar-refractivity contribution is 5.66. The van der Waals surface area contributed by atoms with Crippen molar-refractivity contribution >= 4 is 5.97 Å². The Morgan fingerprint density at radius 1 is 1.27 bits per heavy atom. The van der Waals surface area contributed by atoms with Crippen LogP contribution in [0, 0.1) is 13.8 Å². The monoisotopic (exact) mass is 208 g/mol. The zero-order chi connectivity index (χ0) is 11.4. The van der Waals surface area contributed by atoms with Crippen LogP contribution in [-0.4, -0.2) is 16.2 Å². The summed E-state index contributed by atoms with van der Waals surface area (Å²) < 4.78 is 0. The number of hydrogen-bond donors (Lipinski definition) is 2. The Hall–Kier alpha value is -1.51. The molecule has 3 nitrogen and oxygen atoms in total. The second-order valence-electron chi connectivity index (χ2n) is 3.81. The average Bonchev–Trinajstić information content (AvgIpc) is 2.13. The third kappa shape index (κ3) is 3.27. The van der Waals surface area contributed by atoms with Gasteiger partial charge in [-0.2, -0.15) is 0 Å². The number of aromatic hydroxyl groups is 1. The van der Waals surface area contributed by atoms with E-state index in [1.165, 1.54) is 0 Å². The van der Waals surface area contributed by atoms with Crippen molar-refractivity contribution in [1.29, 1.82) is 0 Å². The van der Waals surface area contributed by atoms with Gasteiger partial charge in [-0.25, -0.2) is 0 Å². The lowest BCUT2D eigenvalue weighted by atomic mass is 10.0. The molecule has 0 bridgehead atoms. The van der Waals surface area contributed by atoms with Gasteiger partial charge in [0.15, 0.2) is 0 Å². The zero-order valence-electron chi connectivity index (χ0n) is 9.08. The molecule has 0 spiro atoms. The van der Waals surface area contributed by atoms with Gasteiger partial charge in [0.1, 0.15) is 5.75 Å². The highest BCUT2D eigenvalue weighted by Crippen LogP contribution is 2.23. The minimum Gasteiger partial charge on any atom is -0.508 e. The fraction of sp³-hybridized carbons (Fsp3) is 0.417. The van der Waals surface area contributed by atoms with E-state index in [-0.39, 0.29) is 12.2 Å². The quantitative estimate of drug-likeness (QED) is 0.798. The number of phenols is 1. The number of hydrogen-bond acceptors (Lipinski definition) is 2. The molecule has 15 heavy (non-hydrogen) atoms. The maximum absolute atomic E-state index is 10.3. The first-order valence-electron chi connectivity index (χ1n) is 5.01. The van der Waals surface area contributed by atoms with Crippen molar-refractivity contribution in [2.45, 2.75) is 33.1 Å². The van der Waals surface area contributed by atoms with Gasteiger partial charge in [-0.1, -0.05) is 6.07 Å². The predicted molar refractivity (Wildman–Crippen MR) is 58.2 cm³/mol. The Labute approximate surface area is 89.4 Å². The van der Waals surface area contributed by atoms with Crippen molar-refractivity contribution in [3.8, 4) is 5.75 Å². The molecule has 0 heterocycles. The van der Waals surface area contributed by atoms with Crippen LogP contribution in [0.5, 0.6) is 5.75 Å². The van der Waals surface area contributed by atoms with Crippen LogP contribution in [0.1, 0.15) is 29.5 Å². The minimum atomic E-state index is -0.793. The lowest BCUT2D eigenvalue weighted by molar-refractivity contribution is -0.137. The molecule has 2 N–H and O–H groups in total. The van der Waals surface area contributed by atoms with Crippen LogP contribution in [-0.2, 0) is 11.2 Å². The molecule has 1 aromatic rings. The van der Waals surface area contributed by atoms with Crippen LogP contribution < -0.4 is 0 Å². The molecule has 0 saturated carbocycles. The van der Waals surface area contributed by atoms with Crippen molar-refractivity contribution < 1.29 is 15.0 Å². The van der Waals surface area contributed by atoms with E-state index in [9.17, 15) is 9.90 Å². The van der Waals surface area contributed by atoms with Gasteiger partial charge in [-0.05, 0) is 49.4 Å². The Morgan fingerprint density at radius 3 is 2.47 bits per heavy atom. The van der Waals surface area contributed by atoms with Crippen LogP contribution in [0.3, 0.4) is 0 Å². The summed E-state index contributed by atoms with van der Waals surface area (Å²) in [5.74, 6) is -0.526. The van der Waals surface area contributed by atoms with E-state index >= 15 is 0 Å². The zero-order valence-corrected chi connectivity index (χ0v) is 9.08. The predicted octanol–water partition coefficient (Wildman–Crippen LogP) is 2.42. The summed E-state index contributed by atoms with van der Waals surface area (Å²) in [5.41, 5.74) is 3.01. The highest BCUT2D eigenvalue weighted by atomic mass is 16.4. The van der Waals surface area contributed by atoms with E-state index in [0.29, 0.717) is 12.8 Å². The Morgan fingerprint density at radius 2 is 1.87 bits per heavy atom. The molecule has 0 aromatic heterocycles. The molecular formula is C12H16O3. The number of carboxylic acid groups (broad SMARTS) is 1. The normalized spacial score (nSPS) is 10.3. The summed E-state index contributed by atoms with van der Waals surface area (Å²) >= 11 is 0. The first-order chi connectivity index (χ1) is 7.00. The van der Waals surface area contributed by atoms with E-state index < -0.39 is 5.97 Å². The van der Waals surface area contributed by atoms with E-state index in [2.05, 4.69) is 0 Å². The van der Waals surface area contributed by atoms with Crippen LogP contribution in [0.15, 0.2) is 12.1 Å². The molecule has 0 aliphatic heterocycles. The van der Waals surface area contributed by atoms with Gasteiger partial charge in [-0.3, -0.25) is 4.79 Å². The van der Waals surface area contributed by atoms with E-state index in [4.69, 9.17) is 5.11 Å². The van der Waals surface area contributed by atoms with E-state index in [1.54, 1.807) is 6.07 Å². The minimum absolute atomic E-state index is 0.145. The molecule has 0 amide bonds. The second kappa shape index (κ2) is 4.82. The Kier molecular flexibility index (Phi) is 3.72. The standard InChI is InChI=1S/C12H16O3/c1-8-6-10(4-3-5-12(14)15)11(13)7-9(8)2/h6-7,13H,3-5H2,1-2H3,(H,14,15). The number of aliphatic carboxylic acids is 1. The van der Waals surface area contributed by atoms with Gasteiger partial charge in [-0.15, -0.1) is 0 Å². The van der Waals surface area contributed by atoms with Gasteiger partial charge < -0.3 is 10.2 Å². The fourth-order valence-corrected chi connectivity index (χ4v) is 1.49. The van der Waals surface area contributed by atoms with Crippen molar-refractivity contribution in [3.05, 3.63) is 28.8 Å². The third-order valence-corrected chi connectivity index (χ3v) is 2.53. The van der Waals surface area contributed by atoms with Crippen molar-refractivity contribution in [3.63, 3.8) is 0 Å². The summed E-state index contributed by atoms with van der Waals surface area (Å²) in [7, 11) is 0. The van der Waals surface area contributed by atoms with Crippen LogP contribution in [0.4, 0.5) is 0 Å². The lowest BCUT2D eigenvalue weighted by Crippen LogP contribution is -1.96. The molecule has 0 aliphatic carbocycles. The number of carbonyl (C=O) groups is 1. The summed E-state index contributed by atoms with van der Waals surface area (Å²) in [4.78, 5) is 10.3. The second-order valence-corrected chi connectivity index (χ2v) is 3.81.